The molecule has 1 aromatic heterocycles. The fourth-order valence-electron chi connectivity index (χ4n) is 4.58. The molecular weight excluding hydrogens is 577 g/mol. The zero-order valence-corrected chi connectivity index (χ0v) is 23.6. The summed E-state index contributed by atoms with van der Waals surface area (Å²) in [6.07, 6.45) is -0.906. The zero-order chi connectivity index (χ0) is 31.1. The van der Waals surface area contributed by atoms with Gasteiger partial charge < -0.3 is 23.7 Å². The van der Waals surface area contributed by atoms with E-state index in [1.165, 1.54) is 18.2 Å². The molecule has 1 aliphatic carbocycles. The second kappa shape index (κ2) is 13.5. The Bertz CT molecular complexity index is 1670. The number of nitrogens with zero attached hydrogens (tertiary/aromatic N) is 2. The Hall–Kier alpha value is -5.08. The van der Waals surface area contributed by atoms with E-state index >= 15 is 4.39 Å². The number of carbonyl (C=O) groups is 1. The number of hydrogen-bond donors (Lipinski definition) is 0. The fourth-order valence-corrected chi connectivity index (χ4v) is 4.58. The van der Waals surface area contributed by atoms with Crippen LogP contribution in [0.2, 0.25) is 0 Å². The summed E-state index contributed by atoms with van der Waals surface area (Å²) in [4.78, 5) is 16.3. The van der Waals surface area contributed by atoms with Gasteiger partial charge in [0, 0.05) is 6.07 Å². The molecule has 0 spiro atoms. The molecule has 0 bridgehead atoms. The predicted octanol–water partition coefficient (Wildman–Crippen LogP) is 6.80. The van der Waals surface area contributed by atoms with Crippen molar-refractivity contribution in [2.75, 3.05) is 6.61 Å². The lowest BCUT2D eigenvalue weighted by molar-refractivity contribution is -0.213. The summed E-state index contributed by atoms with van der Waals surface area (Å²) in [5, 5.41) is 9.37. The highest BCUT2D eigenvalue weighted by molar-refractivity contribution is 5.82. The molecule has 44 heavy (non-hydrogen) atoms. The summed E-state index contributed by atoms with van der Waals surface area (Å²) in [5.41, 5.74) is 0.00613. The molecule has 4 aromatic rings. The van der Waals surface area contributed by atoms with Gasteiger partial charge in [-0.25, -0.2) is 4.79 Å². The Labute approximate surface area is 251 Å². The molecule has 11 heteroatoms. The Morgan fingerprint density at radius 1 is 0.955 bits per heavy atom. The summed E-state index contributed by atoms with van der Waals surface area (Å²) < 4.78 is 73.6. The van der Waals surface area contributed by atoms with Gasteiger partial charge in [-0.1, -0.05) is 60.7 Å². The van der Waals surface area contributed by atoms with Crippen LogP contribution in [-0.2, 0) is 27.5 Å². The Morgan fingerprint density at radius 2 is 1.64 bits per heavy atom. The molecule has 1 saturated carbocycles. The van der Waals surface area contributed by atoms with Gasteiger partial charge >= 0.3 is 5.97 Å². The Balaban J connectivity index is 1.42. The first-order chi connectivity index (χ1) is 21.3. The van der Waals surface area contributed by atoms with E-state index in [2.05, 4.69) is 4.98 Å². The van der Waals surface area contributed by atoms with Gasteiger partial charge in [-0.3, -0.25) is 0 Å². The minimum atomic E-state index is -1.71. The van der Waals surface area contributed by atoms with Crippen molar-refractivity contribution in [2.24, 2.45) is 0 Å². The second-order valence-electron chi connectivity index (χ2n) is 9.84. The third-order valence-corrected chi connectivity index (χ3v) is 7.00. The van der Waals surface area contributed by atoms with Crippen molar-refractivity contribution < 1.29 is 41.7 Å². The lowest BCUT2D eigenvalue weighted by atomic mass is 9.76. The van der Waals surface area contributed by atoms with Crippen LogP contribution in [0.4, 0.5) is 13.2 Å². The zero-order valence-electron chi connectivity index (χ0n) is 23.6. The SMILES string of the molecule is CCOC(=O)C1(OCc2ccccc2)CCC1Oc1c(F)c(F)nc(Oc2cc(C#N)ccc2OCc2ccccc2)c1F. The van der Waals surface area contributed by atoms with Crippen LogP contribution in [0.25, 0.3) is 0 Å². The smallest absolute Gasteiger partial charge is 0.342 e. The van der Waals surface area contributed by atoms with E-state index in [0.29, 0.717) is 0 Å². The molecule has 2 atom stereocenters. The summed E-state index contributed by atoms with van der Waals surface area (Å²) in [5.74, 6) is -7.84. The van der Waals surface area contributed by atoms with Crippen LogP contribution in [0.15, 0.2) is 78.9 Å². The van der Waals surface area contributed by atoms with Crippen LogP contribution in [0.5, 0.6) is 23.1 Å². The first-order valence-corrected chi connectivity index (χ1v) is 13.8. The van der Waals surface area contributed by atoms with Gasteiger partial charge in [-0.15, -0.1) is 0 Å². The fraction of sp³-hybridized carbons (Fsp3) is 0.242. The van der Waals surface area contributed by atoms with E-state index in [1.807, 2.05) is 42.5 Å². The lowest BCUT2D eigenvalue weighted by Crippen LogP contribution is -2.62. The molecule has 1 aliphatic rings. The monoisotopic (exact) mass is 604 g/mol. The highest BCUT2D eigenvalue weighted by Crippen LogP contribution is 2.44. The molecule has 3 aromatic carbocycles. The first kappa shape index (κ1) is 30.4. The number of benzene rings is 3. The molecule has 1 heterocycles. The van der Waals surface area contributed by atoms with Crippen molar-refractivity contribution in [1.82, 2.24) is 4.98 Å². The van der Waals surface area contributed by atoms with Gasteiger partial charge in [-0.2, -0.15) is 23.4 Å². The van der Waals surface area contributed by atoms with Gasteiger partial charge in [-0.05, 0) is 43.0 Å². The Morgan fingerprint density at radius 3 is 2.25 bits per heavy atom. The number of nitriles is 1. The summed E-state index contributed by atoms with van der Waals surface area (Å²) in [6, 6.07) is 24.2. The molecule has 1 fully saturated rings. The molecule has 8 nitrogen and oxygen atoms in total. The van der Waals surface area contributed by atoms with Gasteiger partial charge in [0.25, 0.3) is 11.8 Å². The number of halogens is 3. The van der Waals surface area contributed by atoms with Crippen molar-refractivity contribution in [3.8, 4) is 29.2 Å². The van der Waals surface area contributed by atoms with E-state index in [-0.39, 0.29) is 49.7 Å². The quantitative estimate of drug-likeness (QED) is 0.129. The first-order valence-electron chi connectivity index (χ1n) is 13.8. The molecule has 0 amide bonds. The van der Waals surface area contributed by atoms with Crippen LogP contribution in [-0.4, -0.2) is 29.3 Å². The predicted molar refractivity (Wildman–Crippen MR) is 150 cm³/mol. The largest absolute Gasteiger partial charge is 0.485 e. The third kappa shape index (κ3) is 6.45. The summed E-state index contributed by atoms with van der Waals surface area (Å²) in [6.45, 7) is 1.73. The number of ether oxygens (including phenoxy) is 5. The highest BCUT2D eigenvalue weighted by atomic mass is 19.2. The molecule has 0 saturated heterocycles. The minimum absolute atomic E-state index is 0.00939. The van der Waals surface area contributed by atoms with Crippen molar-refractivity contribution in [3.63, 3.8) is 0 Å². The van der Waals surface area contributed by atoms with Crippen molar-refractivity contribution in [3.05, 3.63) is 113 Å². The number of esters is 1. The number of aromatic nitrogens is 1. The van der Waals surface area contributed by atoms with Gasteiger partial charge in [0.05, 0.1) is 24.8 Å². The van der Waals surface area contributed by atoms with Gasteiger partial charge in [0.2, 0.25) is 23.0 Å². The van der Waals surface area contributed by atoms with E-state index < -0.39 is 46.9 Å². The molecule has 2 unspecified atom stereocenters. The summed E-state index contributed by atoms with van der Waals surface area (Å²) >= 11 is 0. The van der Waals surface area contributed by atoms with E-state index in [0.717, 1.165) is 11.1 Å². The average Bonchev–Trinajstić information content (AvgIpc) is 3.03. The van der Waals surface area contributed by atoms with E-state index in [1.54, 1.807) is 31.2 Å². The standard InChI is InChI=1S/C33H27F3N2O6/c1-2-40-32(39)33(42-20-22-11-7-4-8-12-22)16-15-26(33)44-29-27(34)30(36)38-31(28(29)35)43-25-17-23(18-37)13-14-24(25)41-19-21-9-5-3-6-10-21/h3-14,17,26H,2,15-16,19-20H2,1H3. The third-order valence-electron chi connectivity index (χ3n) is 7.00. The molecular formula is C33H27F3N2O6. The maximum Gasteiger partial charge on any atom is 0.342 e. The minimum Gasteiger partial charge on any atom is -0.485 e. The van der Waals surface area contributed by atoms with Crippen LogP contribution < -0.4 is 14.2 Å². The number of hydrogen-bond acceptors (Lipinski definition) is 8. The number of pyridine rings is 1. The van der Waals surface area contributed by atoms with Crippen LogP contribution in [0.3, 0.4) is 0 Å². The van der Waals surface area contributed by atoms with Crippen molar-refractivity contribution >= 4 is 5.97 Å². The van der Waals surface area contributed by atoms with Crippen LogP contribution in [0, 0.1) is 28.9 Å². The molecule has 0 radical (unpaired) electrons. The van der Waals surface area contributed by atoms with Gasteiger partial charge in [0.1, 0.15) is 12.7 Å². The maximum atomic E-state index is 15.8. The van der Waals surface area contributed by atoms with Crippen molar-refractivity contribution in [2.45, 2.75) is 44.7 Å². The summed E-state index contributed by atoms with van der Waals surface area (Å²) in [7, 11) is 0. The van der Waals surface area contributed by atoms with Crippen LogP contribution in [0.1, 0.15) is 36.5 Å². The lowest BCUT2D eigenvalue weighted by Gasteiger charge is -2.45. The molecule has 5 rings (SSSR count). The number of carbonyl (C=O) groups excluding carboxylic acids is 1. The second-order valence-corrected chi connectivity index (χ2v) is 9.84. The van der Waals surface area contributed by atoms with E-state index in [4.69, 9.17) is 23.7 Å². The average molecular weight is 605 g/mol. The van der Waals surface area contributed by atoms with E-state index in [9.17, 15) is 18.8 Å². The number of rotatable bonds is 12. The molecule has 226 valence electrons. The van der Waals surface area contributed by atoms with Gasteiger partial charge in [0.15, 0.2) is 11.5 Å². The maximum absolute atomic E-state index is 15.8. The topological polar surface area (TPSA) is 99.9 Å². The normalized spacial score (nSPS) is 17.2. The molecule has 0 aliphatic heterocycles. The van der Waals surface area contributed by atoms with Crippen LogP contribution >= 0.6 is 0 Å². The highest BCUT2D eigenvalue weighted by Gasteiger charge is 2.58. The van der Waals surface area contributed by atoms with Crippen molar-refractivity contribution in [1.29, 1.82) is 5.26 Å². The molecule has 0 N–H and O–H groups in total. The Kier molecular flexibility index (Phi) is 9.31.